The number of hydrogen-bond donors (Lipinski definition) is 2. The van der Waals surface area contributed by atoms with E-state index in [0.717, 1.165) is 21.5 Å². The van der Waals surface area contributed by atoms with Gasteiger partial charge in [0.05, 0.1) is 35.1 Å². The van der Waals surface area contributed by atoms with E-state index in [0.29, 0.717) is 39.0 Å². The summed E-state index contributed by atoms with van der Waals surface area (Å²) in [7, 11) is 5.04. The van der Waals surface area contributed by atoms with E-state index in [9.17, 15) is 9.59 Å². The molecule has 0 bridgehead atoms. The van der Waals surface area contributed by atoms with Gasteiger partial charge in [-0.2, -0.15) is 4.68 Å². The van der Waals surface area contributed by atoms with E-state index in [-0.39, 0.29) is 18.5 Å². The molecule has 7 rings (SSSR count). The number of amides is 2. The van der Waals surface area contributed by atoms with Crippen LogP contribution in [0.15, 0.2) is 102 Å². The summed E-state index contributed by atoms with van der Waals surface area (Å²) in [6.07, 6.45) is 3.58. The third-order valence-electron chi connectivity index (χ3n) is 8.41. The zero-order chi connectivity index (χ0) is 34.6. The van der Waals surface area contributed by atoms with Crippen molar-refractivity contribution in [3.8, 4) is 27.8 Å². The molecule has 2 atom stereocenters. The first-order valence-electron chi connectivity index (χ1n) is 15.6. The third-order valence-corrected chi connectivity index (χ3v) is 10.1. The van der Waals surface area contributed by atoms with Crippen LogP contribution in [0.5, 0.6) is 5.75 Å². The number of benzene rings is 3. The summed E-state index contributed by atoms with van der Waals surface area (Å²) in [4.78, 5) is 35.1. The van der Waals surface area contributed by atoms with E-state index < -0.39 is 11.8 Å². The molecule has 0 aliphatic rings. The molecule has 0 saturated heterocycles. The van der Waals surface area contributed by atoms with Crippen molar-refractivity contribution in [2.24, 2.45) is 7.05 Å². The summed E-state index contributed by atoms with van der Waals surface area (Å²) in [5.41, 5.74) is 2.58. The van der Waals surface area contributed by atoms with Crippen LogP contribution in [0.2, 0.25) is 0 Å². The summed E-state index contributed by atoms with van der Waals surface area (Å²) in [5.74, 6) is -0.885. The Balaban J connectivity index is 1.35. The Morgan fingerprint density at radius 1 is 0.860 bits per heavy atom. The van der Waals surface area contributed by atoms with Crippen LogP contribution in [-0.4, -0.2) is 55.8 Å². The van der Waals surface area contributed by atoms with Gasteiger partial charge in [0.25, 0.3) is 0 Å². The van der Waals surface area contributed by atoms with E-state index in [2.05, 4.69) is 31.1 Å². The van der Waals surface area contributed by atoms with E-state index in [1.807, 2.05) is 95.3 Å². The van der Waals surface area contributed by atoms with E-state index >= 15 is 0 Å². The van der Waals surface area contributed by atoms with Crippen LogP contribution >= 0.6 is 22.7 Å². The van der Waals surface area contributed by atoms with Crippen molar-refractivity contribution >= 4 is 55.9 Å². The van der Waals surface area contributed by atoms with Gasteiger partial charge in [-0.3, -0.25) is 9.59 Å². The molecule has 4 aromatic heterocycles. The summed E-state index contributed by atoms with van der Waals surface area (Å²) < 4.78 is 14.1. The maximum absolute atomic E-state index is 14.9. The molecule has 0 fully saturated rings. The number of thiophene rings is 2. The van der Waals surface area contributed by atoms with Crippen LogP contribution in [0, 0.1) is 0 Å². The molecule has 252 valence electrons. The number of anilines is 2. The van der Waals surface area contributed by atoms with Crippen molar-refractivity contribution in [1.82, 2.24) is 29.8 Å². The van der Waals surface area contributed by atoms with Gasteiger partial charge in [0, 0.05) is 26.6 Å². The lowest BCUT2D eigenvalue weighted by Gasteiger charge is -2.28. The Morgan fingerprint density at radius 3 is 2.42 bits per heavy atom. The first-order valence-corrected chi connectivity index (χ1v) is 17.3. The van der Waals surface area contributed by atoms with Crippen LogP contribution in [0.4, 0.5) is 10.7 Å². The van der Waals surface area contributed by atoms with Gasteiger partial charge in [0.2, 0.25) is 11.8 Å². The molecule has 2 amide bonds. The summed E-state index contributed by atoms with van der Waals surface area (Å²) in [6, 6.07) is 24.6. The minimum Gasteiger partial charge on any atom is -0.497 e. The molecule has 50 heavy (non-hydrogen) atoms. The number of fused-ring (bicyclic) bond motifs is 1. The molecule has 14 heteroatoms. The van der Waals surface area contributed by atoms with Crippen LogP contribution in [0.25, 0.3) is 32.9 Å². The van der Waals surface area contributed by atoms with Crippen molar-refractivity contribution in [3.05, 3.63) is 113 Å². The minimum absolute atomic E-state index is 0.131. The maximum atomic E-state index is 14.9. The lowest BCUT2D eigenvalue weighted by atomic mass is 9.78. The second-order valence-electron chi connectivity index (χ2n) is 11.4. The first kappa shape index (κ1) is 32.8. The van der Waals surface area contributed by atoms with Gasteiger partial charge in [-0.25, -0.2) is 4.98 Å². The molecule has 12 nitrogen and oxygen atoms in total. The Kier molecular flexibility index (Phi) is 9.47. The number of rotatable bonds is 12. The second-order valence-corrected chi connectivity index (χ2v) is 13.2. The molecular weight excluding hydrogens is 673 g/mol. The Hall–Kier alpha value is -5.70. The maximum Gasteiger partial charge on any atom is 0.233 e. The zero-order valence-corrected chi connectivity index (χ0v) is 28.9. The largest absolute Gasteiger partial charge is 0.497 e. The Bertz CT molecular complexity index is 2270. The van der Waals surface area contributed by atoms with Gasteiger partial charge in [0.1, 0.15) is 17.5 Å². The number of nitrogens with one attached hydrogen (secondary N) is 2. The smallest absolute Gasteiger partial charge is 0.233 e. The van der Waals surface area contributed by atoms with Crippen molar-refractivity contribution in [2.45, 2.75) is 18.6 Å². The van der Waals surface area contributed by atoms with Gasteiger partial charge < -0.3 is 24.7 Å². The SMILES string of the molecule is COCn1nnnc1-c1ccsc1NC(=O)C(c1ccc(OC)cc1)C(C(=O)Nc1ccsc1-c1nccn1C)c1cccc2ccccc12. The fourth-order valence-electron chi connectivity index (χ4n) is 6.05. The fraction of sp³-hybridized carbons (Fsp3) is 0.167. The topological polar surface area (TPSA) is 138 Å². The predicted molar refractivity (Wildman–Crippen MR) is 194 cm³/mol. The average Bonchev–Trinajstić information content (AvgIpc) is 3.96. The summed E-state index contributed by atoms with van der Waals surface area (Å²) in [6.45, 7) is 0.131. The van der Waals surface area contributed by atoms with E-state index in [1.165, 1.54) is 27.4 Å². The minimum atomic E-state index is -0.980. The molecule has 7 aromatic rings. The molecule has 0 radical (unpaired) electrons. The van der Waals surface area contributed by atoms with Gasteiger partial charge in [-0.1, -0.05) is 54.6 Å². The molecule has 2 N–H and O–H groups in total. The molecule has 2 unspecified atom stereocenters. The number of ether oxygens (including phenoxy) is 2. The number of nitrogens with zero attached hydrogens (tertiary/aromatic N) is 6. The molecule has 0 spiro atoms. The second kappa shape index (κ2) is 14.4. The van der Waals surface area contributed by atoms with Crippen molar-refractivity contribution in [1.29, 1.82) is 0 Å². The number of tetrazole rings is 1. The molecule has 3 aromatic carbocycles. The highest BCUT2D eigenvalue weighted by atomic mass is 32.1. The lowest BCUT2D eigenvalue weighted by molar-refractivity contribution is -0.124. The molecule has 4 heterocycles. The standard InChI is InChI=1S/C36H32N8O4S2/c1-43-18-17-37-33(43)31-28(16-20-49-31)38-35(46)30(26-10-6-8-22-7-4-5-9-25(22)26)29(23-11-13-24(48-3)14-12-23)34(45)39-36-27(15-19-50-36)32-40-41-42-44(32)21-47-2/h4-20,29-30H,21H2,1-3H3,(H,38,46)(H,39,45). The number of methoxy groups -OCH3 is 2. The number of aryl methyl sites for hydroxylation is 1. The third kappa shape index (κ3) is 6.39. The number of hydrogen-bond acceptors (Lipinski definition) is 10. The number of imidazole rings is 1. The monoisotopic (exact) mass is 704 g/mol. The van der Waals surface area contributed by atoms with Crippen molar-refractivity contribution in [3.63, 3.8) is 0 Å². The molecule has 0 aliphatic heterocycles. The van der Waals surface area contributed by atoms with Gasteiger partial charge in [0.15, 0.2) is 11.6 Å². The first-order chi connectivity index (χ1) is 24.5. The Labute approximate surface area is 295 Å². The zero-order valence-electron chi connectivity index (χ0n) is 27.3. The van der Waals surface area contributed by atoms with E-state index in [1.54, 1.807) is 32.5 Å². The number of carbonyl (C=O) groups excluding carboxylic acids is 2. The number of aromatic nitrogens is 6. The van der Waals surface area contributed by atoms with Crippen LogP contribution < -0.4 is 15.4 Å². The summed E-state index contributed by atoms with van der Waals surface area (Å²) in [5, 5.41) is 24.4. The van der Waals surface area contributed by atoms with Crippen molar-refractivity contribution in [2.75, 3.05) is 24.9 Å². The average molecular weight is 705 g/mol. The highest BCUT2D eigenvalue weighted by Crippen LogP contribution is 2.42. The molecular formula is C36H32N8O4S2. The quantitative estimate of drug-likeness (QED) is 0.142. The predicted octanol–water partition coefficient (Wildman–Crippen LogP) is 6.77. The van der Waals surface area contributed by atoms with Gasteiger partial charge in [-0.15, -0.1) is 27.8 Å². The normalized spacial score (nSPS) is 12.5. The number of carbonyl (C=O) groups is 2. The van der Waals surface area contributed by atoms with Crippen LogP contribution in [0.1, 0.15) is 23.0 Å². The molecule has 0 saturated carbocycles. The molecule has 0 aliphatic carbocycles. The van der Waals surface area contributed by atoms with E-state index in [4.69, 9.17) is 9.47 Å². The highest BCUT2D eigenvalue weighted by Gasteiger charge is 2.38. The summed E-state index contributed by atoms with van der Waals surface area (Å²) >= 11 is 2.81. The fourth-order valence-corrected chi connectivity index (χ4v) is 7.73. The highest BCUT2D eigenvalue weighted by molar-refractivity contribution is 7.15. The van der Waals surface area contributed by atoms with Gasteiger partial charge >= 0.3 is 0 Å². The van der Waals surface area contributed by atoms with Crippen LogP contribution in [-0.2, 0) is 28.1 Å². The Morgan fingerprint density at radius 2 is 1.64 bits per heavy atom. The van der Waals surface area contributed by atoms with Crippen molar-refractivity contribution < 1.29 is 19.1 Å². The van der Waals surface area contributed by atoms with Crippen LogP contribution in [0.3, 0.4) is 0 Å². The lowest BCUT2D eigenvalue weighted by Crippen LogP contribution is -2.34. The van der Waals surface area contributed by atoms with Gasteiger partial charge in [-0.05, 0) is 67.4 Å².